The SMILES string of the molecule is C=CCCCn1cc(C)nn1. The number of hydrogen-bond donors (Lipinski definition) is 0. The fourth-order valence-electron chi connectivity index (χ4n) is 0.902. The number of rotatable bonds is 4. The zero-order valence-electron chi connectivity index (χ0n) is 6.82. The van der Waals surface area contributed by atoms with Crippen molar-refractivity contribution in [2.24, 2.45) is 0 Å². The van der Waals surface area contributed by atoms with Crippen molar-refractivity contribution < 1.29 is 0 Å². The average molecular weight is 151 g/mol. The minimum Gasteiger partial charge on any atom is -0.252 e. The predicted octanol–water partition coefficient (Wildman–Crippen LogP) is 1.55. The van der Waals surface area contributed by atoms with Crippen LogP contribution >= 0.6 is 0 Å². The van der Waals surface area contributed by atoms with Crippen molar-refractivity contribution in [3.63, 3.8) is 0 Å². The second-order valence-corrected chi connectivity index (χ2v) is 2.55. The molecule has 0 aliphatic rings. The quantitative estimate of drug-likeness (QED) is 0.483. The van der Waals surface area contributed by atoms with Gasteiger partial charge in [-0.25, -0.2) is 0 Å². The Bertz CT molecular complexity index is 227. The third kappa shape index (κ3) is 2.53. The van der Waals surface area contributed by atoms with E-state index in [0.29, 0.717) is 0 Å². The highest BCUT2D eigenvalue weighted by molar-refractivity contribution is 4.86. The van der Waals surface area contributed by atoms with Crippen molar-refractivity contribution >= 4 is 0 Å². The molecule has 0 aromatic carbocycles. The van der Waals surface area contributed by atoms with Crippen LogP contribution in [0.3, 0.4) is 0 Å². The van der Waals surface area contributed by atoms with Crippen molar-refractivity contribution in [3.05, 3.63) is 24.5 Å². The van der Waals surface area contributed by atoms with Crippen LogP contribution in [0.2, 0.25) is 0 Å². The van der Waals surface area contributed by atoms with E-state index in [1.165, 1.54) is 0 Å². The van der Waals surface area contributed by atoms with Crippen LogP contribution < -0.4 is 0 Å². The van der Waals surface area contributed by atoms with Gasteiger partial charge in [-0.15, -0.1) is 11.7 Å². The normalized spacial score (nSPS) is 9.91. The lowest BCUT2D eigenvalue weighted by Gasteiger charge is -1.95. The van der Waals surface area contributed by atoms with Gasteiger partial charge in [0.2, 0.25) is 0 Å². The lowest BCUT2D eigenvalue weighted by atomic mass is 10.3. The fraction of sp³-hybridized carbons (Fsp3) is 0.500. The summed E-state index contributed by atoms with van der Waals surface area (Å²) in [4.78, 5) is 0. The minimum atomic E-state index is 0.937. The number of aryl methyl sites for hydroxylation is 2. The molecule has 1 aromatic heterocycles. The Morgan fingerprint density at radius 2 is 2.55 bits per heavy atom. The second kappa shape index (κ2) is 3.91. The molecule has 60 valence electrons. The maximum Gasteiger partial charge on any atom is 0.0796 e. The molecule has 3 heteroatoms. The molecule has 0 amide bonds. The molecule has 0 saturated heterocycles. The van der Waals surface area contributed by atoms with Crippen molar-refractivity contribution in [3.8, 4) is 0 Å². The molecule has 11 heavy (non-hydrogen) atoms. The van der Waals surface area contributed by atoms with Crippen molar-refractivity contribution in [1.29, 1.82) is 0 Å². The first-order chi connectivity index (χ1) is 5.33. The maximum absolute atomic E-state index is 3.92. The molecular formula is C8H13N3. The van der Waals surface area contributed by atoms with Crippen molar-refractivity contribution in [2.45, 2.75) is 26.3 Å². The average Bonchev–Trinajstić information content (AvgIpc) is 2.37. The fourth-order valence-corrected chi connectivity index (χ4v) is 0.902. The van der Waals surface area contributed by atoms with Gasteiger partial charge >= 0.3 is 0 Å². The highest BCUT2D eigenvalue weighted by Crippen LogP contribution is 1.95. The summed E-state index contributed by atoms with van der Waals surface area (Å²) in [6.45, 7) is 6.53. The van der Waals surface area contributed by atoms with E-state index in [9.17, 15) is 0 Å². The predicted molar refractivity (Wildman–Crippen MR) is 44.2 cm³/mol. The molecule has 1 heterocycles. The van der Waals surface area contributed by atoms with E-state index in [4.69, 9.17) is 0 Å². The highest BCUT2D eigenvalue weighted by Gasteiger charge is 1.92. The van der Waals surface area contributed by atoms with Gasteiger partial charge in [-0.2, -0.15) is 0 Å². The van der Waals surface area contributed by atoms with Crippen LogP contribution in [-0.2, 0) is 6.54 Å². The Labute approximate surface area is 66.7 Å². The molecule has 0 radical (unpaired) electrons. The molecule has 0 aliphatic heterocycles. The summed E-state index contributed by atoms with van der Waals surface area (Å²) in [7, 11) is 0. The molecule has 1 rings (SSSR count). The van der Waals surface area contributed by atoms with Gasteiger partial charge in [-0.3, -0.25) is 4.68 Å². The van der Waals surface area contributed by atoms with Gasteiger partial charge < -0.3 is 0 Å². The number of unbranched alkanes of at least 4 members (excludes halogenated alkanes) is 1. The third-order valence-electron chi connectivity index (χ3n) is 1.45. The number of aromatic nitrogens is 3. The number of hydrogen-bond acceptors (Lipinski definition) is 2. The van der Waals surface area contributed by atoms with Gasteiger partial charge in [-0.1, -0.05) is 11.3 Å². The second-order valence-electron chi connectivity index (χ2n) is 2.55. The maximum atomic E-state index is 3.92. The Morgan fingerprint density at radius 1 is 1.73 bits per heavy atom. The number of allylic oxidation sites excluding steroid dienone is 1. The Kier molecular flexibility index (Phi) is 2.83. The monoisotopic (exact) mass is 151 g/mol. The Hall–Kier alpha value is -1.12. The van der Waals surface area contributed by atoms with Gasteiger partial charge in [0.15, 0.2) is 0 Å². The van der Waals surface area contributed by atoms with E-state index in [-0.39, 0.29) is 0 Å². The van der Waals surface area contributed by atoms with E-state index >= 15 is 0 Å². The molecule has 3 nitrogen and oxygen atoms in total. The molecule has 0 bridgehead atoms. The van der Waals surface area contributed by atoms with Crippen LogP contribution in [0.25, 0.3) is 0 Å². The van der Waals surface area contributed by atoms with E-state index in [0.717, 1.165) is 25.1 Å². The van der Waals surface area contributed by atoms with E-state index < -0.39 is 0 Å². The smallest absolute Gasteiger partial charge is 0.0796 e. The van der Waals surface area contributed by atoms with E-state index in [1.807, 2.05) is 23.9 Å². The first kappa shape index (κ1) is 7.98. The van der Waals surface area contributed by atoms with E-state index in [1.54, 1.807) is 0 Å². The van der Waals surface area contributed by atoms with Gasteiger partial charge in [0.25, 0.3) is 0 Å². The standard InChI is InChI=1S/C8H13N3/c1-3-4-5-6-11-7-8(2)9-10-11/h3,7H,1,4-6H2,2H3. The largest absolute Gasteiger partial charge is 0.252 e. The third-order valence-corrected chi connectivity index (χ3v) is 1.45. The molecule has 0 fully saturated rings. The minimum absolute atomic E-state index is 0.937. The summed E-state index contributed by atoms with van der Waals surface area (Å²) in [5, 5.41) is 7.80. The van der Waals surface area contributed by atoms with Gasteiger partial charge in [0.05, 0.1) is 5.69 Å². The van der Waals surface area contributed by atoms with Crippen molar-refractivity contribution in [2.75, 3.05) is 0 Å². The summed E-state index contributed by atoms with van der Waals surface area (Å²) in [5.74, 6) is 0. The highest BCUT2D eigenvalue weighted by atomic mass is 15.4. The Morgan fingerprint density at radius 3 is 3.09 bits per heavy atom. The summed E-state index contributed by atoms with van der Waals surface area (Å²) >= 11 is 0. The first-order valence-electron chi connectivity index (χ1n) is 3.80. The van der Waals surface area contributed by atoms with Crippen molar-refractivity contribution in [1.82, 2.24) is 15.0 Å². The van der Waals surface area contributed by atoms with E-state index in [2.05, 4.69) is 16.9 Å². The number of nitrogens with zero attached hydrogens (tertiary/aromatic N) is 3. The Balaban J connectivity index is 2.32. The molecule has 0 saturated carbocycles. The van der Waals surface area contributed by atoms with Gasteiger partial charge in [0.1, 0.15) is 0 Å². The molecule has 0 spiro atoms. The van der Waals surface area contributed by atoms with Crippen LogP contribution in [-0.4, -0.2) is 15.0 Å². The molecule has 0 aliphatic carbocycles. The zero-order chi connectivity index (χ0) is 8.10. The summed E-state index contributed by atoms with van der Waals surface area (Å²) in [6.07, 6.45) is 6.00. The molecule has 0 N–H and O–H groups in total. The van der Waals surface area contributed by atoms with Gasteiger partial charge in [-0.05, 0) is 19.8 Å². The summed E-state index contributed by atoms with van der Waals surface area (Å²) in [6, 6.07) is 0. The first-order valence-corrected chi connectivity index (χ1v) is 3.80. The van der Waals surface area contributed by atoms with Gasteiger partial charge in [0, 0.05) is 12.7 Å². The van der Waals surface area contributed by atoms with Crippen LogP contribution in [0.15, 0.2) is 18.9 Å². The summed E-state index contributed by atoms with van der Waals surface area (Å²) in [5.41, 5.74) is 0.976. The lowest BCUT2D eigenvalue weighted by molar-refractivity contribution is 0.563. The molecule has 1 aromatic rings. The lowest BCUT2D eigenvalue weighted by Crippen LogP contribution is -1.97. The zero-order valence-corrected chi connectivity index (χ0v) is 6.82. The van der Waals surface area contributed by atoms with Crippen LogP contribution in [0.5, 0.6) is 0 Å². The molecule has 0 atom stereocenters. The van der Waals surface area contributed by atoms with Crippen LogP contribution in [0, 0.1) is 6.92 Å². The topological polar surface area (TPSA) is 30.7 Å². The van der Waals surface area contributed by atoms with Crippen LogP contribution in [0.1, 0.15) is 18.5 Å². The summed E-state index contributed by atoms with van der Waals surface area (Å²) < 4.78 is 1.86. The molecule has 0 unspecified atom stereocenters. The van der Waals surface area contributed by atoms with Crippen LogP contribution in [0.4, 0.5) is 0 Å². The molecular weight excluding hydrogens is 138 g/mol.